The van der Waals surface area contributed by atoms with Crippen LogP contribution in [-0.2, 0) is 22.8 Å². The van der Waals surface area contributed by atoms with Gasteiger partial charge in [0.1, 0.15) is 5.41 Å². The zero-order valence-corrected chi connectivity index (χ0v) is 33.1. The molecule has 0 N–H and O–H groups in total. The van der Waals surface area contributed by atoms with Crippen LogP contribution in [0.15, 0.2) is 127 Å². The molecule has 0 bridgehead atoms. The highest BCUT2D eigenvalue weighted by molar-refractivity contribution is 6.15. The molecule has 1 aliphatic heterocycles. The summed E-state index contributed by atoms with van der Waals surface area (Å²) < 4.78 is 0. The number of hydrogen-bond acceptors (Lipinski definition) is 3. The molecule has 9 rings (SSSR count). The van der Waals surface area contributed by atoms with Crippen LogP contribution in [0.4, 0.5) is 0 Å². The second kappa shape index (κ2) is 13.3. The topological polar surface area (TPSA) is 50.6 Å². The van der Waals surface area contributed by atoms with Gasteiger partial charge < -0.3 is 0 Å². The summed E-state index contributed by atoms with van der Waals surface area (Å²) in [7, 11) is 0. The van der Waals surface area contributed by atoms with Crippen molar-refractivity contribution in [1.82, 2.24) is 4.90 Å². The van der Waals surface area contributed by atoms with Crippen LogP contribution in [0.5, 0.6) is 0 Å². The molecule has 3 heteroatoms. The Morgan fingerprint density at radius 1 is 0.571 bits per heavy atom. The van der Waals surface area contributed by atoms with Crippen molar-refractivity contribution in [2.75, 3.05) is 13.1 Å². The van der Waals surface area contributed by atoms with Gasteiger partial charge in [0.2, 0.25) is 0 Å². The van der Waals surface area contributed by atoms with E-state index >= 15 is 0 Å². The third-order valence-corrected chi connectivity index (χ3v) is 13.2. The van der Waals surface area contributed by atoms with Gasteiger partial charge in [-0.3, -0.25) is 4.90 Å². The summed E-state index contributed by atoms with van der Waals surface area (Å²) in [6, 6.07) is 48.6. The largest absolute Gasteiger partial charge is 0.292 e. The van der Waals surface area contributed by atoms with Crippen molar-refractivity contribution in [2.45, 2.75) is 70.3 Å². The lowest BCUT2D eigenvalue weighted by molar-refractivity contribution is 0.287. The first kappa shape index (κ1) is 35.7. The quantitative estimate of drug-likeness (QED) is 0.116. The third kappa shape index (κ3) is 5.41. The molecule has 1 heterocycles. The summed E-state index contributed by atoms with van der Waals surface area (Å²) in [5.74, 6) is 0. The zero-order valence-electron chi connectivity index (χ0n) is 33.1. The summed E-state index contributed by atoms with van der Waals surface area (Å²) in [6.07, 6.45) is 7.50. The van der Waals surface area contributed by atoms with E-state index in [9.17, 15) is 10.5 Å². The van der Waals surface area contributed by atoms with Crippen LogP contribution in [0.3, 0.4) is 0 Å². The molecule has 56 heavy (non-hydrogen) atoms. The Morgan fingerprint density at radius 2 is 1.04 bits per heavy atom. The maximum Gasteiger partial charge on any atom is 0.104 e. The highest BCUT2D eigenvalue weighted by Gasteiger charge is 2.40. The molecule has 0 spiro atoms. The second-order valence-electron chi connectivity index (χ2n) is 16.7. The van der Waals surface area contributed by atoms with Gasteiger partial charge in [-0.2, -0.15) is 10.5 Å². The van der Waals surface area contributed by atoms with Gasteiger partial charge in [-0.05, 0) is 135 Å². The molecule has 2 unspecified atom stereocenters. The lowest BCUT2D eigenvalue weighted by Crippen LogP contribution is -2.30. The third-order valence-electron chi connectivity index (χ3n) is 13.2. The van der Waals surface area contributed by atoms with Crippen molar-refractivity contribution in [3.8, 4) is 34.4 Å². The average molecular weight is 726 g/mol. The molecule has 1 saturated heterocycles. The molecule has 274 valence electrons. The first-order valence-electron chi connectivity index (χ1n) is 20.1. The molecule has 2 atom stereocenters. The van der Waals surface area contributed by atoms with Crippen LogP contribution in [0, 0.1) is 22.7 Å². The molecular formula is C53H47N3. The van der Waals surface area contributed by atoms with E-state index in [2.05, 4.69) is 178 Å². The van der Waals surface area contributed by atoms with Crippen LogP contribution in [0.2, 0.25) is 0 Å². The second-order valence-corrected chi connectivity index (χ2v) is 16.7. The number of hydrogen-bond donors (Lipinski definition) is 0. The minimum atomic E-state index is -0.852. The Morgan fingerprint density at radius 3 is 1.50 bits per heavy atom. The maximum absolute atomic E-state index is 10.9. The molecule has 1 aliphatic carbocycles. The summed E-state index contributed by atoms with van der Waals surface area (Å²) >= 11 is 0. The predicted molar refractivity (Wildman–Crippen MR) is 234 cm³/mol. The first-order valence-corrected chi connectivity index (χ1v) is 20.1. The molecule has 7 aromatic carbocycles. The number of nitriles is 2. The standard InChI is InChI=1S/C53H47N3/c1-6-52(4,33-54)50-45-21-13-9-17-41(45)48(42-18-10-14-22-46(42)50)36-25-29-38(30-26-36)53(5,34-55)37-27-23-35(24-28-37)47-39-15-7-11-19-43(39)49(51(2,3)56-31-32-56)44-20-12-8-16-40(44)47/h7-11,13-19,21-30H,6,12,20,31-32H2,1-5H3. The number of rotatable bonds is 8. The van der Waals surface area contributed by atoms with Crippen molar-refractivity contribution in [1.29, 1.82) is 10.5 Å². The molecule has 0 amide bonds. The lowest BCUT2D eigenvalue weighted by Gasteiger charge is -2.34. The number of benzene rings is 7. The Balaban J connectivity index is 1.13. The van der Waals surface area contributed by atoms with E-state index < -0.39 is 10.8 Å². The molecule has 1 fully saturated rings. The van der Waals surface area contributed by atoms with Gasteiger partial charge in [-0.15, -0.1) is 0 Å². The van der Waals surface area contributed by atoms with Crippen molar-refractivity contribution in [2.24, 2.45) is 0 Å². The van der Waals surface area contributed by atoms with E-state index in [1.54, 1.807) is 0 Å². The van der Waals surface area contributed by atoms with Crippen molar-refractivity contribution in [3.63, 3.8) is 0 Å². The van der Waals surface area contributed by atoms with Gasteiger partial charge in [0.25, 0.3) is 0 Å². The number of fused-ring (bicyclic) bond motifs is 4. The fraction of sp³-hybridized carbons (Fsp3) is 0.245. The van der Waals surface area contributed by atoms with Crippen molar-refractivity contribution in [3.05, 3.63) is 161 Å². The highest BCUT2D eigenvalue weighted by atomic mass is 15.3. The minimum absolute atomic E-state index is 0.0289. The summed E-state index contributed by atoms with van der Waals surface area (Å²) in [5.41, 5.74) is 10.5. The Bertz CT molecular complexity index is 2750. The molecule has 7 aromatic rings. The summed E-state index contributed by atoms with van der Waals surface area (Å²) in [5, 5.41) is 28.4. The van der Waals surface area contributed by atoms with E-state index in [0.717, 1.165) is 81.7 Å². The van der Waals surface area contributed by atoms with E-state index in [-0.39, 0.29) is 5.54 Å². The van der Waals surface area contributed by atoms with Crippen LogP contribution < -0.4 is 0 Å². The zero-order chi connectivity index (χ0) is 38.8. The number of nitrogens with zero attached hydrogens (tertiary/aromatic N) is 3. The van der Waals surface area contributed by atoms with Crippen LogP contribution in [0.25, 0.3) is 60.6 Å². The predicted octanol–water partition coefficient (Wildman–Crippen LogP) is 13.0. The SMILES string of the molecule is CCC(C)(C#N)c1c2ccccc2c(-c2ccc(C(C)(C#N)c3ccc(-c4c5c(c(C(C)(C)N6CC6)c6ccccc46)CCC=C5)cc3)cc2)c2ccccc12. The Kier molecular flexibility index (Phi) is 8.50. The Labute approximate surface area is 331 Å². The smallest absolute Gasteiger partial charge is 0.104 e. The van der Waals surface area contributed by atoms with Crippen LogP contribution in [0.1, 0.15) is 80.8 Å². The van der Waals surface area contributed by atoms with Crippen molar-refractivity contribution >= 4 is 38.4 Å². The monoisotopic (exact) mass is 725 g/mol. The molecule has 0 aromatic heterocycles. The van der Waals surface area contributed by atoms with Gasteiger partial charge in [-0.25, -0.2) is 0 Å². The summed E-state index contributed by atoms with van der Waals surface area (Å²) in [4.78, 5) is 2.58. The lowest BCUT2D eigenvalue weighted by atomic mass is 9.74. The fourth-order valence-electron chi connectivity index (χ4n) is 9.74. The van der Waals surface area contributed by atoms with E-state index in [4.69, 9.17) is 0 Å². The molecule has 0 saturated carbocycles. The maximum atomic E-state index is 10.9. The van der Waals surface area contributed by atoms with Crippen LogP contribution in [-0.4, -0.2) is 18.0 Å². The normalized spacial score (nSPS) is 16.2. The number of allylic oxidation sites excluding steroid dienone is 1. The van der Waals surface area contributed by atoms with E-state index in [1.807, 2.05) is 6.92 Å². The fourth-order valence-corrected chi connectivity index (χ4v) is 9.74. The average Bonchev–Trinajstić information content (AvgIpc) is 4.11. The van der Waals surface area contributed by atoms with Gasteiger partial charge in [0.05, 0.1) is 17.6 Å². The molecule has 2 aliphatic rings. The van der Waals surface area contributed by atoms with Gasteiger partial charge in [-0.1, -0.05) is 140 Å². The first-order chi connectivity index (χ1) is 27.1. The van der Waals surface area contributed by atoms with E-state index in [0.29, 0.717) is 0 Å². The van der Waals surface area contributed by atoms with Crippen LogP contribution >= 0.6 is 0 Å². The molecule has 3 nitrogen and oxygen atoms in total. The van der Waals surface area contributed by atoms with Gasteiger partial charge in [0, 0.05) is 18.6 Å². The highest BCUT2D eigenvalue weighted by Crippen LogP contribution is 2.48. The Hall–Kier alpha value is -6.00. The minimum Gasteiger partial charge on any atom is -0.292 e. The van der Waals surface area contributed by atoms with Gasteiger partial charge >= 0.3 is 0 Å². The molecule has 0 radical (unpaired) electrons. The van der Waals surface area contributed by atoms with Gasteiger partial charge in [0.15, 0.2) is 0 Å². The summed E-state index contributed by atoms with van der Waals surface area (Å²) in [6.45, 7) is 13.3. The van der Waals surface area contributed by atoms with Crippen molar-refractivity contribution < 1.29 is 0 Å². The van der Waals surface area contributed by atoms with E-state index in [1.165, 1.54) is 38.6 Å². The molecular weight excluding hydrogens is 679 g/mol.